The molecule has 1 saturated heterocycles. The van der Waals surface area contributed by atoms with Crippen molar-refractivity contribution in [2.45, 2.75) is 263 Å². The first-order valence-electron chi connectivity index (χ1n) is 28.6. The van der Waals surface area contributed by atoms with Gasteiger partial charge in [-0.15, -0.1) is 0 Å². The van der Waals surface area contributed by atoms with Crippen LogP contribution in [0.4, 0.5) is 0 Å². The molecule has 0 spiro atoms. The first-order chi connectivity index (χ1) is 35.6. The highest BCUT2D eigenvalue weighted by Gasteiger charge is 2.50. The summed E-state index contributed by atoms with van der Waals surface area (Å²) in [6.07, 6.45) is 49.8. The quantitative estimate of drug-likeness (QED) is 0.0228. The van der Waals surface area contributed by atoms with Gasteiger partial charge in [0.05, 0.1) is 6.61 Å². The number of esters is 3. The van der Waals surface area contributed by atoms with E-state index in [0.717, 1.165) is 141 Å². The van der Waals surface area contributed by atoms with Crippen LogP contribution in [0.2, 0.25) is 0 Å². The van der Waals surface area contributed by atoms with Crippen LogP contribution in [-0.2, 0) is 42.9 Å². The molecule has 0 amide bonds. The minimum atomic E-state index is -1.91. The summed E-state index contributed by atoms with van der Waals surface area (Å²) in [7, 11) is 0. The van der Waals surface area contributed by atoms with Crippen LogP contribution in [-0.4, -0.2) is 89.2 Å². The molecule has 0 aromatic heterocycles. The van der Waals surface area contributed by atoms with E-state index in [9.17, 15) is 34.5 Å². The van der Waals surface area contributed by atoms with Crippen LogP contribution in [0.1, 0.15) is 226 Å². The standard InChI is InChI=1S/C61H100O12/c1-4-7-10-13-16-19-22-25-27-30-32-35-38-41-44-47-53(62)69-50-52(71-54(63)48-45-42-39-36-33-29-24-21-18-15-12-9-6-3)51-70-61-59(57(66)56(65)58(73-61)60(67)68)72-55(64)49-46-43-40-37-34-31-28-26-23-20-17-14-11-8-5-2/h7-8,10-11,16-17,19-21,24-28,52,56-59,61,65-66H,4-6,9,12-15,18,22-23,29-51H2,1-3H3,(H,67,68)/b10-7-,11-8-,19-16-,20-17-,24-21-,27-25-,28-26-. The summed E-state index contributed by atoms with van der Waals surface area (Å²) in [6, 6.07) is 0. The molecule has 3 N–H and O–H groups in total. The number of carboxylic acids is 1. The average Bonchev–Trinajstić information content (AvgIpc) is 3.37. The van der Waals surface area contributed by atoms with Gasteiger partial charge < -0.3 is 39.0 Å². The van der Waals surface area contributed by atoms with Gasteiger partial charge in [0.25, 0.3) is 0 Å². The SMILES string of the molecule is CC/C=C\C/C=C\C/C=C\CCCCCCCC(=O)OCC(COC1OC(C(=O)O)C(O)C(O)C1OC(=O)CCCCCCC/C=C\C/C=C\C/C=C\CC)OC(=O)CCCCCCC/C=C\CCCCCC. The molecular formula is C61H100O12. The maximum absolute atomic E-state index is 13.1. The molecule has 1 aliphatic rings. The van der Waals surface area contributed by atoms with Gasteiger partial charge in [-0.25, -0.2) is 4.79 Å². The summed E-state index contributed by atoms with van der Waals surface area (Å²) in [6.45, 7) is 5.71. The molecule has 12 nitrogen and oxygen atoms in total. The third-order valence-corrected chi connectivity index (χ3v) is 12.4. The third kappa shape index (κ3) is 39.0. The van der Waals surface area contributed by atoms with Gasteiger partial charge in [-0.05, 0) is 109 Å². The second kappa shape index (κ2) is 48.8. The molecular weight excluding hydrogens is 925 g/mol. The van der Waals surface area contributed by atoms with E-state index in [1.165, 1.54) is 25.7 Å². The molecule has 0 aromatic carbocycles. The topological polar surface area (TPSA) is 175 Å². The number of carboxylic acid groups (broad SMARTS) is 1. The number of rotatable bonds is 47. The zero-order valence-electron chi connectivity index (χ0n) is 45.6. The van der Waals surface area contributed by atoms with E-state index in [1.807, 2.05) is 0 Å². The van der Waals surface area contributed by atoms with Gasteiger partial charge in [-0.1, -0.05) is 183 Å². The molecule has 0 aliphatic carbocycles. The summed E-state index contributed by atoms with van der Waals surface area (Å²) in [5.74, 6) is -3.18. The molecule has 73 heavy (non-hydrogen) atoms. The highest BCUT2D eigenvalue weighted by atomic mass is 16.7. The van der Waals surface area contributed by atoms with E-state index >= 15 is 0 Å². The normalized spacial score (nSPS) is 18.9. The van der Waals surface area contributed by atoms with Gasteiger partial charge in [0, 0.05) is 19.3 Å². The van der Waals surface area contributed by atoms with Crippen LogP contribution in [0.3, 0.4) is 0 Å². The molecule has 6 unspecified atom stereocenters. The van der Waals surface area contributed by atoms with Gasteiger partial charge in [0.15, 0.2) is 24.6 Å². The third-order valence-electron chi connectivity index (χ3n) is 12.4. The van der Waals surface area contributed by atoms with Crippen molar-refractivity contribution in [3.63, 3.8) is 0 Å². The number of ether oxygens (including phenoxy) is 5. The van der Waals surface area contributed by atoms with Crippen LogP contribution in [0.5, 0.6) is 0 Å². The second-order valence-electron chi connectivity index (χ2n) is 19.2. The maximum Gasteiger partial charge on any atom is 0.335 e. The Morgan fingerprint density at radius 3 is 1.33 bits per heavy atom. The average molecular weight is 1030 g/mol. The lowest BCUT2D eigenvalue weighted by Crippen LogP contribution is -2.61. The number of carbonyl (C=O) groups is 4. The molecule has 0 saturated carbocycles. The fourth-order valence-corrected chi connectivity index (χ4v) is 8.10. The number of unbranched alkanes of at least 4 members (excludes halogenated alkanes) is 19. The van der Waals surface area contributed by atoms with Gasteiger partial charge in [0.1, 0.15) is 18.8 Å². The molecule has 1 aliphatic heterocycles. The van der Waals surface area contributed by atoms with Gasteiger partial charge >= 0.3 is 23.9 Å². The predicted octanol–water partition coefficient (Wildman–Crippen LogP) is 14.3. The van der Waals surface area contributed by atoms with Crippen molar-refractivity contribution in [2.24, 2.45) is 0 Å². The minimum absolute atomic E-state index is 0.0354. The Morgan fingerprint density at radius 1 is 0.466 bits per heavy atom. The van der Waals surface area contributed by atoms with Crippen LogP contribution in [0, 0.1) is 0 Å². The first kappa shape index (κ1) is 66.9. The first-order valence-corrected chi connectivity index (χ1v) is 28.6. The summed E-state index contributed by atoms with van der Waals surface area (Å²) in [4.78, 5) is 51.0. The molecule has 6 atom stereocenters. The van der Waals surface area contributed by atoms with E-state index in [1.54, 1.807) is 0 Å². The molecule has 1 fully saturated rings. The fourth-order valence-electron chi connectivity index (χ4n) is 8.10. The van der Waals surface area contributed by atoms with Crippen molar-refractivity contribution >= 4 is 23.9 Å². The summed E-state index contributed by atoms with van der Waals surface area (Å²) >= 11 is 0. The zero-order chi connectivity index (χ0) is 53.3. The lowest BCUT2D eigenvalue weighted by Gasteiger charge is -2.40. The Balaban J connectivity index is 2.73. The second-order valence-corrected chi connectivity index (χ2v) is 19.2. The molecule has 1 rings (SSSR count). The van der Waals surface area contributed by atoms with Gasteiger partial charge in [-0.2, -0.15) is 0 Å². The molecule has 416 valence electrons. The monoisotopic (exact) mass is 1020 g/mol. The van der Waals surface area contributed by atoms with E-state index < -0.39 is 67.3 Å². The highest BCUT2D eigenvalue weighted by molar-refractivity contribution is 5.74. The van der Waals surface area contributed by atoms with Gasteiger partial charge in [0.2, 0.25) is 0 Å². The number of carbonyl (C=O) groups excluding carboxylic acids is 3. The van der Waals surface area contributed by atoms with Crippen molar-refractivity contribution < 1.29 is 58.2 Å². The number of hydrogen-bond donors (Lipinski definition) is 3. The molecule has 0 aromatic rings. The Bertz CT molecular complexity index is 1590. The Hall–Kier alpha value is -4.10. The summed E-state index contributed by atoms with van der Waals surface area (Å²) < 4.78 is 28.4. The van der Waals surface area contributed by atoms with Crippen LogP contribution in [0.15, 0.2) is 85.1 Å². The van der Waals surface area contributed by atoms with E-state index in [-0.39, 0.29) is 25.9 Å². The Kier molecular flexibility index (Phi) is 44.7. The minimum Gasteiger partial charge on any atom is -0.479 e. The Morgan fingerprint density at radius 2 is 0.863 bits per heavy atom. The van der Waals surface area contributed by atoms with Crippen molar-refractivity contribution in [2.75, 3.05) is 13.2 Å². The predicted molar refractivity (Wildman–Crippen MR) is 294 cm³/mol. The van der Waals surface area contributed by atoms with Crippen molar-refractivity contribution in [3.05, 3.63) is 85.1 Å². The number of hydrogen-bond acceptors (Lipinski definition) is 11. The lowest BCUT2D eigenvalue weighted by atomic mass is 9.98. The van der Waals surface area contributed by atoms with Crippen LogP contribution in [0.25, 0.3) is 0 Å². The molecule has 0 radical (unpaired) electrons. The number of aliphatic hydroxyl groups excluding tert-OH is 2. The molecule has 12 heteroatoms. The van der Waals surface area contributed by atoms with Crippen molar-refractivity contribution in [3.8, 4) is 0 Å². The molecule has 0 bridgehead atoms. The van der Waals surface area contributed by atoms with E-state index in [4.69, 9.17) is 23.7 Å². The van der Waals surface area contributed by atoms with Gasteiger partial charge in [-0.3, -0.25) is 14.4 Å². The van der Waals surface area contributed by atoms with E-state index in [2.05, 4.69) is 106 Å². The maximum atomic E-state index is 13.1. The van der Waals surface area contributed by atoms with Crippen molar-refractivity contribution in [1.82, 2.24) is 0 Å². The van der Waals surface area contributed by atoms with Crippen LogP contribution < -0.4 is 0 Å². The smallest absolute Gasteiger partial charge is 0.335 e. The zero-order valence-corrected chi connectivity index (χ0v) is 45.6. The summed E-state index contributed by atoms with van der Waals surface area (Å²) in [5, 5.41) is 31.4. The highest BCUT2D eigenvalue weighted by Crippen LogP contribution is 2.26. The molecule has 1 heterocycles. The largest absolute Gasteiger partial charge is 0.479 e. The van der Waals surface area contributed by atoms with Crippen molar-refractivity contribution in [1.29, 1.82) is 0 Å². The fraction of sp³-hybridized carbons (Fsp3) is 0.705. The number of allylic oxidation sites excluding steroid dienone is 14. The lowest BCUT2D eigenvalue weighted by molar-refractivity contribution is -0.301. The number of aliphatic carboxylic acids is 1. The Labute approximate surface area is 441 Å². The van der Waals surface area contributed by atoms with Crippen LogP contribution >= 0.6 is 0 Å². The number of aliphatic hydroxyl groups is 2. The van der Waals surface area contributed by atoms with E-state index in [0.29, 0.717) is 19.3 Å². The summed E-state index contributed by atoms with van der Waals surface area (Å²) in [5.41, 5.74) is 0.